The summed E-state index contributed by atoms with van der Waals surface area (Å²) in [6, 6.07) is 8.98. The highest BCUT2D eigenvalue weighted by Crippen LogP contribution is 2.13. The van der Waals surface area contributed by atoms with Gasteiger partial charge in [-0.1, -0.05) is 29.8 Å². The lowest BCUT2D eigenvalue weighted by atomic mass is 10.1. The number of nitrogens with two attached hydrogens (primary N) is 1. The summed E-state index contributed by atoms with van der Waals surface area (Å²) in [4.78, 5) is 13.9. The minimum Gasteiger partial charge on any atom is -0.342 e. The van der Waals surface area contributed by atoms with E-state index >= 15 is 0 Å². The van der Waals surface area contributed by atoms with Gasteiger partial charge < -0.3 is 10.6 Å². The van der Waals surface area contributed by atoms with Gasteiger partial charge in [0.2, 0.25) is 5.91 Å². The second-order valence-corrected chi connectivity index (χ2v) is 4.92. The minimum atomic E-state index is -0.613. The number of likely N-dealkylation sites (N-methyl/N-ethyl adjacent to an activating group) is 1. The first-order chi connectivity index (χ1) is 9.58. The Morgan fingerprint density at radius 2 is 1.95 bits per heavy atom. The van der Waals surface area contributed by atoms with E-state index in [1.165, 1.54) is 0 Å². The first-order valence-corrected chi connectivity index (χ1v) is 6.62. The number of halogens is 2. The van der Waals surface area contributed by atoms with Gasteiger partial charge in [0.05, 0.1) is 6.54 Å². The summed E-state index contributed by atoms with van der Waals surface area (Å²) < 4.78 is 1.79. The molecule has 1 aromatic heterocycles. The van der Waals surface area contributed by atoms with Gasteiger partial charge in [-0.25, -0.2) is 0 Å². The van der Waals surface area contributed by atoms with Crippen molar-refractivity contribution in [1.82, 2.24) is 14.7 Å². The van der Waals surface area contributed by atoms with Gasteiger partial charge in [0.1, 0.15) is 6.04 Å². The number of hydrogen-bond donors (Lipinski definition) is 1. The standard InChI is InChI=1S/C15H20N4O.2ClH/c1-12-4-6-13(7-5-12)14(16)15(20)18(2)10-11-19-9-3-8-17-19;;/h3-9,14H,10-11,16H2,1-2H3;2*1H. The topological polar surface area (TPSA) is 64.2 Å². The minimum absolute atomic E-state index is 0. The third-order valence-electron chi connectivity index (χ3n) is 3.30. The van der Waals surface area contributed by atoms with Crippen LogP contribution in [-0.2, 0) is 11.3 Å². The van der Waals surface area contributed by atoms with Crippen molar-refractivity contribution in [2.75, 3.05) is 13.6 Å². The van der Waals surface area contributed by atoms with Crippen molar-refractivity contribution in [2.24, 2.45) is 5.73 Å². The zero-order chi connectivity index (χ0) is 14.5. The third kappa shape index (κ3) is 5.33. The van der Waals surface area contributed by atoms with Crippen LogP contribution >= 0.6 is 24.8 Å². The SMILES string of the molecule is Cc1ccc(C(N)C(=O)N(C)CCn2cccn2)cc1.Cl.Cl. The third-order valence-corrected chi connectivity index (χ3v) is 3.30. The van der Waals surface area contributed by atoms with E-state index in [2.05, 4.69) is 5.10 Å². The molecule has 122 valence electrons. The molecule has 2 N–H and O–H groups in total. The van der Waals surface area contributed by atoms with Crippen molar-refractivity contribution >= 4 is 30.7 Å². The van der Waals surface area contributed by atoms with Crippen molar-refractivity contribution in [3.63, 3.8) is 0 Å². The molecular weight excluding hydrogens is 323 g/mol. The highest BCUT2D eigenvalue weighted by Gasteiger charge is 2.19. The zero-order valence-electron chi connectivity index (χ0n) is 12.7. The number of nitrogens with zero attached hydrogens (tertiary/aromatic N) is 3. The Hall–Kier alpha value is -1.56. The number of benzene rings is 1. The fraction of sp³-hybridized carbons (Fsp3) is 0.333. The first kappa shape index (κ1) is 20.4. The number of rotatable bonds is 5. The lowest BCUT2D eigenvalue weighted by Crippen LogP contribution is -2.37. The van der Waals surface area contributed by atoms with E-state index in [0.29, 0.717) is 13.1 Å². The second-order valence-electron chi connectivity index (χ2n) is 4.92. The van der Waals surface area contributed by atoms with Crippen LogP contribution in [-0.4, -0.2) is 34.2 Å². The average Bonchev–Trinajstić information content (AvgIpc) is 2.97. The summed E-state index contributed by atoms with van der Waals surface area (Å²) in [5.74, 6) is -0.0824. The first-order valence-electron chi connectivity index (χ1n) is 6.62. The molecule has 0 radical (unpaired) electrons. The molecule has 7 heteroatoms. The molecule has 1 amide bonds. The van der Waals surface area contributed by atoms with Gasteiger partial charge in [-0.2, -0.15) is 5.10 Å². The lowest BCUT2D eigenvalue weighted by Gasteiger charge is -2.21. The van der Waals surface area contributed by atoms with Crippen LogP contribution in [0.3, 0.4) is 0 Å². The molecule has 22 heavy (non-hydrogen) atoms. The molecule has 1 heterocycles. The fourth-order valence-electron chi connectivity index (χ4n) is 1.95. The predicted molar refractivity (Wildman–Crippen MR) is 92.5 cm³/mol. The summed E-state index contributed by atoms with van der Waals surface area (Å²) in [5.41, 5.74) is 8.02. The van der Waals surface area contributed by atoms with Gasteiger partial charge in [0.15, 0.2) is 0 Å². The Morgan fingerprint density at radius 3 is 2.50 bits per heavy atom. The van der Waals surface area contributed by atoms with E-state index in [4.69, 9.17) is 5.73 Å². The summed E-state index contributed by atoms with van der Waals surface area (Å²) >= 11 is 0. The Morgan fingerprint density at radius 1 is 1.32 bits per heavy atom. The molecule has 0 aliphatic rings. The zero-order valence-corrected chi connectivity index (χ0v) is 14.3. The predicted octanol–water partition coefficient (Wildman–Crippen LogP) is 2.19. The maximum Gasteiger partial charge on any atom is 0.243 e. The molecule has 0 saturated heterocycles. The van der Waals surface area contributed by atoms with E-state index in [9.17, 15) is 4.79 Å². The Kier molecular flexibility index (Phi) is 8.79. The number of carbonyl (C=O) groups excluding carboxylic acids is 1. The fourth-order valence-corrected chi connectivity index (χ4v) is 1.95. The largest absolute Gasteiger partial charge is 0.342 e. The van der Waals surface area contributed by atoms with Crippen molar-refractivity contribution in [3.8, 4) is 0 Å². The van der Waals surface area contributed by atoms with Crippen LogP contribution in [0.2, 0.25) is 0 Å². The molecule has 2 aromatic rings. The molecule has 0 aliphatic carbocycles. The molecule has 0 fully saturated rings. The number of carbonyl (C=O) groups is 1. The maximum absolute atomic E-state index is 12.3. The number of amides is 1. The van der Waals surface area contributed by atoms with Crippen molar-refractivity contribution in [2.45, 2.75) is 19.5 Å². The van der Waals surface area contributed by atoms with Gasteiger partial charge in [0, 0.05) is 26.0 Å². The van der Waals surface area contributed by atoms with Gasteiger partial charge in [-0.3, -0.25) is 9.48 Å². The van der Waals surface area contributed by atoms with Crippen molar-refractivity contribution in [3.05, 3.63) is 53.9 Å². The molecule has 5 nitrogen and oxygen atoms in total. The van der Waals surface area contributed by atoms with Gasteiger partial charge in [-0.15, -0.1) is 24.8 Å². The van der Waals surface area contributed by atoms with Gasteiger partial charge in [-0.05, 0) is 18.6 Å². The van der Waals surface area contributed by atoms with Crippen LogP contribution < -0.4 is 5.73 Å². The lowest BCUT2D eigenvalue weighted by molar-refractivity contribution is -0.131. The molecule has 0 bridgehead atoms. The van der Waals surface area contributed by atoms with Crippen molar-refractivity contribution < 1.29 is 4.79 Å². The molecular formula is C15H22Cl2N4O. The van der Waals surface area contributed by atoms with Crippen LogP contribution in [0.5, 0.6) is 0 Å². The van der Waals surface area contributed by atoms with Crippen LogP contribution in [0, 0.1) is 6.92 Å². The van der Waals surface area contributed by atoms with Crippen LogP contribution in [0.1, 0.15) is 17.2 Å². The second kappa shape index (κ2) is 9.46. The Balaban J connectivity index is 0.00000220. The highest BCUT2D eigenvalue weighted by atomic mass is 35.5. The quantitative estimate of drug-likeness (QED) is 0.904. The Bertz CT molecular complexity index is 557. The van der Waals surface area contributed by atoms with Gasteiger partial charge in [0.25, 0.3) is 0 Å². The molecule has 1 aromatic carbocycles. The summed E-state index contributed by atoms with van der Waals surface area (Å²) in [6.45, 7) is 3.25. The summed E-state index contributed by atoms with van der Waals surface area (Å²) in [5, 5.41) is 4.11. The van der Waals surface area contributed by atoms with Crippen LogP contribution in [0.4, 0.5) is 0 Å². The number of aryl methyl sites for hydroxylation is 1. The van der Waals surface area contributed by atoms with E-state index in [1.807, 2.05) is 43.5 Å². The summed E-state index contributed by atoms with van der Waals surface area (Å²) in [6.07, 6.45) is 3.60. The molecule has 0 spiro atoms. The number of hydrogen-bond acceptors (Lipinski definition) is 3. The van der Waals surface area contributed by atoms with Crippen LogP contribution in [0.15, 0.2) is 42.7 Å². The highest BCUT2D eigenvalue weighted by molar-refractivity contribution is 5.85. The van der Waals surface area contributed by atoms with E-state index in [0.717, 1.165) is 11.1 Å². The molecule has 1 unspecified atom stereocenters. The van der Waals surface area contributed by atoms with E-state index in [1.54, 1.807) is 22.8 Å². The summed E-state index contributed by atoms with van der Waals surface area (Å²) in [7, 11) is 1.76. The number of aromatic nitrogens is 2. The van der Waals surface area contributed by atoms with E-state index in [-0.39, 0.29) is 30.7 Å². The van der Waals surface area contributed by atoms with Crippen LogP contribution in [0.25, 0.3) is 0 Å². The normalized spacial score (nSPS) is 11.0. The molecule has 0 aliphatic heterocycles. The molecule has 1 atom stereocenters. The molecule has 2 rings (SSSR count). The average molecular weight is 345 g/mol. The Labute approximate surface area is 143 Å². The van der Waals surface area contributed by atoms with Gasteiger partial charge >= 0.3 is 0 Å². The maximum atomic E-state index is 12.3. The molecule has 0 saturated carbocycles. The monoisotopic (exact) mass is 344 g/mol. The smallest absolute Gasteiger partial charge is 0.243 e. The van der Waals surface area contributed by atoms with E-state index < -0.39 is 6.04 Å². The van der Waals surface area contributed by atoms with Crippen molar-refractivity contribution in [1.29, 1.82) is 0 Å².